The van der Waals surface area contributed by atoms with Crippen molar-refractivity contribution < 1.29 is 0 Å². The average Bonchev–Trinajstić information content (AvgIpc) is 3.01. The van der Waals surface area contributed by atoms with Gasteiger partial charge in [-0.05, 0) is 23.3 Å². The van der Waals surface area contributed by atoms with E-state index < -0.39 is 0 Å². The summed E-state index contributed by atoms with van der Waals surface area (Å²) in [6.45, 7) is 0. The highest BCUT2D eigenvalue weighted by Crippen LogP contribution is 2.37. The quantitative estimate of drug-likeness (QED) is 0.552. The van der Waals surface area contributed by atoms with Gasteiger partial charge in [0.05, 0.1) is 6.04 Å². The van der Waals surface area contributed by atoms with Crippen molar-refractivity contribution >= 4 is 37.2 Å². The molecule has 4 aromatic rings. The minimum Gasteiger partial charge on any atom is -0.398 e. The van der Waals surface area contributed by atoms with Gasteiger partial charge in [0.15, 0.2) is 0 Å². The Labute approximate surface area is 145 Å². The minimum absolute atomic E-state index is 0.234. The van der Waals surface area contributed by atoms with Crippen LogP contribution in [-0.4, -0.2) is 0 Å². The van der Waals surface area contributed by atoms with Gasteiger partial charge in [0.2, 0.25) is 0 Å². The molecular formula is C21H18N2S. The fraction of sp³-hybridized carbons (Fsp3) is 0.0476. The van der Waals surface area contributed by atoms with E-state index in [1.165, 1.54) is 20.2 Å². The molecular weight excluding hydrogens is 312 g/mol. The van der Waals surface area contributed by atoms with E-state index in [0.29, 0.717) is 5.70 Å². The van der Waals surface area contributed by atoms with Gasteiger partial charge in [-0.2, -0.15) is 0 Å². The summed E-state index contributed by atoms with van der Waals surface area (Å²) >= 11 is 1.79. The summed E-state index contributed by atoms with van der Waals surface area (Å²) in [5.74, 6) is 0. The molecule has 0 fully saturated rings. The van der Waals surface area contributed by atoms with Gasteiger partial charge < -0.3 is 11.5 Å². The zero-order valence-electron chi connectivity index (χ0n) is 13.1. The van der Waals surface area contributed by atoms with Crippen molar-refractivity contribution in [1.82, 2.24) is 0 Å². The van der Waals surface area contributed by atoms with Crippen LogP contribution in [0.2, 0.25) is 0 Å². The number of benzene rings is 3. The molecule has 0 saturated heterocycles. The van der Waals surface area contributed by atoms with E-state index >= 15 is 0 Å². The van der Waals surface area contributed by atoms with Crippen molar-refractivity contribution in [2.24, 2.45) is 11.5 Å². The molecule has 4 rings (SSSR count). The summed E-state index contributed by atoms with van der Waals surface area (Å²) in [4.78, 5) is 0. The van der Waals surface area contributed by atoms with Crippen LogP contribution in [0.1, 0.15) is 17.2 Å². The van der Waals surface area contributed by atoms with Crippen molar-refractivity contribution in [3.8, 4) is 0 Å². The standard InChI is InChI=1S/C21H18N2S/c22-18(14-7-2-1-3-8-14)13-19(23)17-11-6-10-16-15-9-4-5-12-20(15)24-21(16)17/h1-13,19H,22-23H2/b18-13-. The Kier molecular flexibility index (Phi) is 3.81. The Balaban J connectivity index is 1.81. The number of hydrogen-bond acceptors (Lipinski definition) is 3. The molecule has 0 aliphatic carbocycles. The second-order valence-electron chi connectivity index (χ2n) is 5.84. The monoisotopic (exact) mass is 330 g/mol. The van der Waals surface area contributed by atoms with E-state index in [2.05, 4.69) is 42.5 Å². The summed E-state index contributed by atoms with van der Waals surface area (Å²) in [6, 6.07) is 24.5. The lowest BCUT2D eigenvalue weighted by Gasteiger charge is -2.11. The number of fused-ring (bicyclic) bond motifs is 3. The molecule has 1 unspecified atom stereocenters. The van der Waals surface area contributed by atoms with Crippen molar-refractivity contribution in [1.29, 1.82) is 0 Å². The molecule has 0 saturated carbocycles. The summed E-state index contributed by atoms with van der Waals surface area (Å²) in [7, 11) is 0. The molecule has 3 heteroatoms. The molecule has 1 aromatic heterocycles. The molecule has 2 nitrogen and oxygen atoms in total. The first-order valence-electron chi connectivity index (χ1n) is 7.92. The Morgan fingerprint density at radius 2 is 1.54 bits per heavy atom. The van der Waals surface area contributed by atoms with Gasteiger partial charge in [0.1, 0.15) is 0 Å². The van der Waals surface area contributed by atoms with Crippen molar-refractivity contribution in [3.63, 3.8) is 0 Å². The highest BCUT2D eigenvalue weighted by molar-refractivity contribution is 7.26. The number of thiophene rings is 1. The van der Waals surface area contributed by atoms with Crippen LogP contribution in [0.25, 0.3) is 25.9 Å². The normalized spacial score (nSPS) is 13.5. The minimum atomic E-state index is -0.234. The van der Waals surface area contributed by atoms with Crippen LogP contribution in [0, 0.1) is 0 Å². The zero-order valence-corrected chi connectivity index (χ0v) is 14.0. The molecule has 0 spiro atoms. The van der Waals surface area contributed by atoms with E-state index in [1.807, 2.05) is 36.4 Å². The molecule has 4 N–H and O–H groups in total. The molecule has 1 heterocycles. The summed E-state index contributed by atoms with van der Waals surface area (Å²) in [6.07, 6.45) is 1.94. The van der Waals surface area contributed by atoms with Gasteiger partial charge in [-0.15, -0.1) is 11.3 Å². The van der Waals surface area contributed by atoms with Crippen molar-refractivity contribution in [3.05, 3.63) is 90.0 Å². The lowest BCUT2D eigenvalue weighted by molar-refractivity contribution is 0.924. The molecule has 1 atom stereocenters. The summed E-state index contributed by atoms with van der Waals surface area (Å²) in [5.41, 5.74) is 15.5. The second-order valence-corrected chi connectivity index (χ2v) is 6.89. The predicted molar refractivity (Wildman–Crippen MR) is 105 cm³/mol. The van der Waals surface area contributed by atoms with Crippen LogP contribution >= 0.6 is 11.3 Å². The van der Waals surface area contributed by atoms with E-state index in [4.69, 9.17) is 11.5 Å². The van der Waals surface area contributed by atoms with Crippen LogP contribution < -0.4 is 11.5 Å². The molecule has 24 heavy (non-hydrogen) atoms. The molecule has 118 valence electrons. The number of hydrogen-bond donors (Lipinski definition) is 2. The highest BCUT2D eigenvalue weighted by Gasteiger charge is 2.13. The third-order valence-electron chi connectivity index (χ3n) is 4.26. The molecule has 0 aliphatic heterocycles. The number of nitrogens with two attached hydrogens (primary N) is 2. The Morgan fingerprint density at radius 1 is 0.833 bits per heavy atom. The van der Waals surface area contributed by atoms with Gasteiger partial charge in [0.25, 0.3) is 0 Å². The Hall–Kier alpha value is -2.62. The average molecular weight is 330 g/mol. The first-order valence-corrected chi connectivity index (χ1v) is 8.74. The van der Waals surface area contributed by atoms with E-state index in [0.717, 1.165) is 11.1 Å². The van der Waals surface area contributed by atoms with Crippen molar-refractivity contribution in [2.45, 2.75) is 6.04 Å². The largest absolute Gasteiger partial charge is 0.398 e. The van der Waals surface area contributed by atoms with Crippen LogP contribution in [0.3, 0.4) is 0 Å². The molecule has 0 radical (unpaired) electrons. The van der Waals surface area contributed by atoms with Gasteiger partial charge in [0, 0.05) is 25.9 Å². The highest BCUT2D eigenvalue weighted by atomic mass is 32.1. The third-order valence-corrected chi connectivity index (χ3v) is 5.50. The third kappa shape index (κ3) is 2.58. The summed E-state index contributed by atoms with van der Waals surface area (Å²) < 4.78 is 2.52. The lowest BCUT2D eigenvalue weighted by atomic mass is 10.0. The zero-order chi connectivity index (χ0) is 16.5. The molecule has 3 aromatic carbocycles. The Bertz CT molecular complexity index is 1030. The van der Waals surface area contributed by atoms with E-state index in [-0.39, 0.29) is 6.04 Å². The van der Waals surface area contributed by atoms with E-state index in [1.54, 1.807) is 11.3 Å². The second kappa shape index (κ2) is 6.11. The van der Waals surface area contributed by atoms with Gasteiger partial charge in [-0.3, -0.25) is 0 Å². The van der Waals surface area contributed by atoms with Crippen molar-refractivity contribution in [2.75, 3.05) is 0 Å². The first-order chi connectivity index (χ1) is 11.7. The SMILES string of the molecule is N/C(=C\C(N)c1cccc2c1sc1ccccc12)c1ccccc1. The maximum absolute atomic E-state index is 6.47. The number of rotatable bonds is 3. The van der Waals surface area contributed by atoms with Gasteiger partial charge >= 0.3 is 0 Å². The fourth-order valence-electron chi connectivity index (χ4n) is 3.04. The van der Waals surface area contributed by atoms with Crippen LogP contribution in [-0.2, 0) is 0 Å². The van der Waals surface area contributed by atoms with Crippen LogP contribution in [0.5, 0.6) is 0 Å². The molecule has 0 amide bonds. The maximum atomic E-state index is 6.47. The maximum Gasteiger partial charge on any atom is 0.0518 e. The first kappa shape index (κ1) is 14.9. The Morgan fingerprint density at radius 3 is 2.38 bits per heavy atom. The van der Waals surface area contributed by atoms with Crippen LogP contribution in [0.4, 0.5) is 0 Å². The summed E-state index contributed by atoms with van der Waals surface area (Å²) in [5, 5.41) is 2.54. The van der Waals surface area contributed by atoms with E-state index in [9.17, 15) is 0 Å². The van der Waals surface area contributed by atoms with Crippen LogP contribution in [0.15, 0.2) is 78.9 Å². The predicted octanol–water partition coefficient (Wildman–Crippen LogP) is 5.05. The smallest absolute Gasteiger partial charge is 0.0518 e. The molecule has 0 bridgehead atoms. The topological polar surface area (TPSA) is 52.0 Å². The fourth-order valence-corrected chi connectivity index (χ4v) is 4.31. The van der Waals surface area contributed by atoms with Gasteiger partial charge in [-0.1, -0.05) is 66.7 Å². The van der Waals surface area contributed by atoms with Gasteiger partial charge in [-0.25, -0.2) is 0 Å². The molecule has 0 aliphatic rings. The lowest BCUT2D eigenvalue weighted by Crippen LogP contribution is -2.10.